The zero-order chi connectivity index (χ0) is 11.7. The van der Waals surface area contributed by atoms with Gasteiger partial charge < -0.3 is 10.3 Å². The molecule has 0 atom stereocenters. The van der Waals surface area contributed by atoms with Crippen molar-refractivity contribution in [3.05, 3.63) is 29.0 Å². The Kier molecular flexibility index (Phi) is 3.17. The Morgan fingerprint density at radius 3 is 2.81 bits per heavy atom. The maximum atomic E-state index is 6.14. The molecule has 0 fully saturated rings. The summed E-state index contributed by atoms with van der Waals surface area (Å²) >= 11 is 6.14. The van der Waals surface area contributed by atoms with Crippen LogP contribution in [0.2, 0.25) is 5.02 Å². The predicted molar refractivity (Wildman–Crippen MR) is 67.9 cm³/mol. The fourth-order valence-electron chi connectivity index (χ4n) is 2.01. The summed E-state index contributed by atoms with van der Waals surface area (Å²) in [5.74, 6) is 1.01. The second kappa shape index (κ2) is 4.44. The summed E-state index contributed by atoms with van der Waals surface area (Å²) in [6, 6.07) is 6.24. The number of halogens is 1. The highest BCUT2D eigenvalue weighted by Crippen LogP contribution is 2.26. The van der Waals surface area contributed by atoms with Gasteiger partial charge in [-0.15, -0.1) is 0 Å². The van der Waals surface area contributed by atoms with E-state index in [0.29, 0.717) is 17.6 Å². The first-order chi connectivity index (χ1) is 7.65. The van der Waals surface area contributed by atoms with Crippen LogP contribution in [0.1, 0.15) is 25.7 Å². The molecule has 0 saturated carbocycles. The van der Waals surface area contributed by atoms with Crippen LogP contribution in [0.15, 0.2) is 18.2 Å². The topological polar surface area (TPSA) is 43.8 Å². The number of fused-ring (bicyclic) bond motifs is 1. The highest BCUT2D eigenvalue weighted by molar-refractivity contribution is 6.34. The quantitative estimate of drug-likeness (QED) is 0.892. The molecule has 4 heteroatoms. The molecule has 86 valence electrons. The summed E-state index contributed by atoms with van der Waals surface area (Å²) < 4.78 is 2.20. The van der Waals surface area contributed by atoms with Crippen molar-refractivity contribution >= 4 is 22.6 Å². The van der Waals surface area contributed by atoms with Gasteiger partial charge in [0.1, 0.15) is 11.3 Å². The lowest BCUT2D eigenvalue weighted by Crippen LogP contribution is -2.11. The zero-order valence-corrected chi connectivity index (χ0v) is 10.3. The number of para-hydroxylation sites is 1. The van der Waals surface area contributed by atoms with Gasteiger partial charge in [0.25, 0.3) is 0 Å². The average Bonchev–Trinajstić information content (AvgIpc) is 2.58. The highest BCUT2D eigenvalue weighted by Gasteiger charge is 2.13. The fourth-order valence-corrected chi connectivity index (χ4v) is 2.22. The van der Waals surface area contributed by atoms with Gasteiger partial charge in [-0.25, -0.2) is 4.98 Å². The van der Waals surface area contributed by atoms with E-state index in [2.05, 4.69) is 23.4 Å². The number of nitrogens with two attached hydrogens (primary N) is 1. The summed E-state index contributed by atoms with van der Waals surface area (Å²) in [5, 5.41) is 0.704. The molecule has 1 aromatic carbocycles. The van der Waals surface area contributed by atoms with E-state index in [1.54, 1.807) is 0 Å². The average molecular weight is 238 g/mol. The lowest BCUT2D eigenvalue weighted by Gasteiger charge is -2.12. The maximum Gasteiger partial charge on any atom is 0.111 e. The number of rotatable bonds is 3. The van der Waals surface area contributed by atoms with Crippen molar-refractivity contribution in [1.82, 2.24) is 9.55 Å². The molecule has 0 spiro atoms. The SMILES string of the molecule is CC(C)n1c(CCN)nc2c(Cl)cccc21. The molecule has 3 nitrogen and oxygen atoms in total. The fraction of sp³-hybridized carbons (Fsp3) is 0.417. The monoisotopic (exact) mass is 237 g/mol. The van der Waals surface area contributed by atoms with E-state index in [9.17, 15) is 0 Å². The minimum atomic E-state index is 0.366. The van der Waals surface area contributed by atoms with E-state index in [-0.39, 0.29) is 0 Å². The van der Waals surface area contributed by atoms with Crippen molar-refractivity contribution in [2.75, 3.05) is 6.54 Å². The standard InChI is InChI=1S/C12H16ClN3/c1-8(2)16-10-5-3-4-9(13)12(10)15-11(16)6-7-14/h3-5,8H,6-7,14H2,1-2H3. The largest absolute Gasteiger partial charge is 0.330 e. The van der Waals surface area contributed by atoms with E-state index in [1.807, 2.05) is 18.2 Å². The van der Waals surface area contributed by atoms with Crippen LogP contribution in [-0.4, -0.2) is 16.1 Å². The van der Waals surface area contributed by atoms with Gasteiger partial charge in [-0.05, 0) is 32.5 Å². The normalized spacial score (nSPS) is 11.6. The van der Waals surface area contributed by atoms with Gasteiger partial charge in [-0.2, -0.15) is 0 Å². The molecular formula is C12H16ClN3. The van der Waals surface area contributed by atoms with E-state index in [4.69, 9.17) is 17.3 Å². The Hall–Kier alpha value is -1.06. The van der Waals surface area contributed by atoms with E-state index >= 15 is 0 Å². The van der Waals surface area contributed by atoms with Crippen molar-refractivity contribution in [2.45, 2.75) is 26.3 Å². The van der Waals surface area contributed by atoms with Gasteiger partial charge in [-0.1, -0.05) is 17.7 Å². The highest BCUT2D eigenvalue weighted by atomic mass is 35.5. The molecule has 0 unspecified atom stereocenters. The van der Waals surface area contributed by atoms with Gasteiger partial charge in [0.2, 0.25) is 0 Å². The molecule has 0 radical (unpaired) electrons. The molecule has 2 N–H and O–H groups in total. The van der Waals surface area contributed by atoms with Crippen molar-refractivity contribution < 1.29 is 0 Å². The number of aromatic nitrogens is 2. The Morgan fingerprint density at radius 1 is 1.44 bits per heavy atom. The number of nitrogens with zero attached hydrogens (tertiary/aromatic N) is 2. The zero-order valence-electron chi connectivity index (χ0n) is 9.57. The Bertz CT molecular complexity index is 502. The van der Waals surface area contributed by atoms with Crippen molar-refractivity contribution in [3.8, 4) is 0 Å². The second-order valence-electron chi connectivity index (χ2n) is 4.14. The van der Waals surface area contributed by atoms with E-state index in [0.717, 1.165) is 23.3 Å². The first-order valence-electron chi connectivity index (χ1n) is 5.50. The van der Waals surface area contributed by atoms with Gasteiger partial charge in [-0.3, -0.25) is 0 Å². The Labute approximate surface area is 100 Å². The first kappa shape index (κ1) is 11.4. The Balaban J connectivity index is 2.70. The molecule has 0 bridgehead atoms. The van der Waals surface area contributed by atoms with Crippen molar-refractivity contribution in [2.24, 2.45) is 5.73 Å². The lowest BCUT2D eigenvalue weighted by molar-refractivity contribution is 0.584. The van der Waals surface area contributed by atoms with Crippen LogP contribution in [0, 0.1) is 0 Å². The minimum absolute atomic E-state index is 0.366. The molecule has 0 aliphatic carbocycles. The molecule has 1 aromatic heterocycles. The summed E-state index contributed by atoms with van der Waals surface area (Å²) in [6.45, 7) is 4.89. The molecular weight excluding hydrogens is 222 g/mol. The van der Waals surface area contributed by atoms with Crippen LogP contribution < -0.4 is 5.73 Å². The van der Waals surface area contributed by atoms with E-state index in [1.165, 1.54) is 0 Å². The molecule has 16 heavy (non-hydrogen) atoms. The third-order valence-corrected chi connectivity index (χ3v) is 2.93. The van der Waals surface area contributed by atoms with Gasteiger partial charge in [0, 0.05) is 12.5 Å². The van der Waals surface area contributed by atoms with Crippen molar-refractivity contribution in [3.63, 3.8) is 0 Å². The Morgan fingerprint density at radius 2 is 2.19 bits per heavy atom. The van der Waals surface area contributed by atoms with Crippen LogP contribution >= 0.6 is 11.6 Å². The van der Waals surface area contributed by atoms with Gasteiger partial charge in [0.05, 0.1) is 10.5 Å². The summed E-state index contributed by atoms with van der Waals surface area (Å²) in [4.78, 5) is 4.57. The van der Waals surface area contributed by atoms with Crippen LogP contribution in [0.4, 0.5) is 0 Å². The molecule has 2 aromatic rings. The molecule has 0 aliphatic heterocycles. The number of hydrogen-bond donors (Lipinski definition) is 1. The summed E-state index contributed by atoms with van der Waals surface area (Å²) in [6.07, 6.45) is 0.781. The molecule has 0 aliphatic rings. The summed E-state index contributed by atoms with van der Waals surface area (Å²) in [7, 11) is 0. The predicted octanol–water partition coefficient (Wildman–Crippen LogP) is 2.77. The molecule has 0 saturated heterocycles. The van der Waals surface area contributed by atoms with Crippen LogP contribution in [0.5, 0.6) is 0 Å². The van der Waals surface area contributed by atoms with Gasteiger partial charge >= 0.3 is 0 Å². The molecule has 0 amide bonds. The second-order valence-corrected chi connectivity index (χ2v) is 4.55. The van der Waals surface area contributed by atoms with Crippen LogP contribution in [0.3, 0.4) is 0 Å². The molecule has 1 heterocycles. The third kappa shape index (κ3) is 1.81. The summed E-state index contributed by atoms with van der Waals surface area (Å²) in [5.41, 5.74) is 7.57. The van der Waals surface area contributed by atoms with E-state index < -0.39 is 0 Å². The first-order valence-corrected chi connectivity index (χ1v) is 5.88. The van der Waals surface area contributed by atoms with Crippen LogP contribution in [0.25, 0.3) is 11.0 Å². The van der Waals surface area contributed by atoms with Crippen LogP contribution in [-0.2, 0) is 6.42 Å². The number of hydrogen-bond acceptors (Lipinski definition) is 2. The molecule has 2 rings (SSSR count). The third-order valence-electron chi connectivity index (χ3n) is 2.63. The minimum Gasteiger partial charge on any atom is -0.330 e. The van der Waals surface area contributed by atoms with Gasteiger partial charge in [0.15, 0.2) is 0 Å². The smallest absolute Gasteiger partial charge is 0.111 e. The number of benzene rings is 1. The van der Waals surface area contributed by atoms with Crippen molar-refractivity contribution in [1.29, 1.82) is 0 Å². The number of imidazole rings is 1. The maximum absolute atomic E-state index is 6.14. The lowest BCUT2D eigenvalue weighted by atomic mass is 10.3.